The van der Waals surface area contributed by atoms with Crippen LogP contribution in [0, 0.1) is 10.1 Å². The van der Waals surface area contributed by atoms with E-state index in [0.717, 1.165) is 15.4 Å². The molecule has 1 N–H and O–H groups in total. The van der Waals surface area contributed by atoms with Gasteiger partial charge in [-0.3, -0.25) is 10.1 Å². The van der Waals surface area contributed by atoms with Crippen molar-refractivity contribution in [2.45, 2.75) is 14.7 Å². The van der Waals surface area contributed by atoms with E-state index in [2.05, 4.69) is 20.7 Å². The van der Waals surface area contributed by atoms with E-state index in [1.54, 1.807) is 0 Å². The summed E-state index contributed by atoms with van der Waals surface area (Å²) in [6, 6.07) is 11.1. The number of rotatable bonds is 5. The number of benzene rings is 2. The molecule has 2 aromatic carbocycles. The Morgan fingerprint density at radius 2 is 1.82 bits per heavy atom. The Kier molecular flexibility index (Phi) is 5.22. The Hall–Kier alpha value is -1.42. The Bertz CT molecular complexity index is 807. The molecule has 0 unspecified atom stereocenters. The maximum Gasteiger partial charge on any atom is 0.284 e. The van der Waals surface area contributed by atoms with E-state index in [4.69, 9.17) is 0 Å². The molecule has 2 aromatic rings. The lowest BCUT2D eigenvalue weighted by Crippen LogP contribution is -2.18. The summed E-state index contributed by atoms with van der Waals surface area (Å²) in [6.07, 6.45) is 0. The van der Waals surface area contributed by atoms with Gasteiger partial charge in [0.2, 0.25) is 10.0 Å². The topological polar surface area (TPSA) is 89.3 Å². The van der Waals surface area contributed by atoms with Crippen molar-refractivity contribution in [1.29, 1.82) is 0 Å². The highest BCUT2D eigenvalue weighted by atomic mass is 79.9. The monoisotopic (exact) mass is 402 g/mol. The van der Waals surface area contributed by atoms with E-state index in [1.165, 1.54) is 30.9 Å². The minimum absolute atomic E-state index is 0.137. The summed E-state index contributed by atoms with van der Waals surface area (Å²) in [4.78, 5) is 11.7. The van der Waals surface area contributed by atoms with Crippen molar-refractivity contribution in [3.63, 3.8) is 0 Å². The van der Waals surface area contributed by atoms with Crippen LogP contribution in [-0.2, 0) is 10.0 Å². The summed E-state index contributed by atoms with van der Waals surface area (Å²) < 4.78 is 26.5. The molecule has 0 spiro atoms. The molecule has 0 amide bonds. The first kappa shape index (κ1) is 16.9. The zero-order chi connectivity index (χ0) is 16.3. The van der Waals surface area contributed by atoms with Gasteiger partial charge in [-0.1, -0.05) is 27.7 Å². The molecule has 0 heterocycles. The zero-order valence-electron chi connectivity index (χ0n) is 11.3. The third kappa shape index (κ3) is 3.86. The molecule has 0 radical (unpaired) electrons. The van der Waals surface area contributed by atoms with Gasteiger partial charge in [-0.25, -0.2) is 13.1 Å². The van der Waals surface area contributed by atoms with Gasteiger partial charge in [0.05, 0.1) is 14.7 Å². The number of sulfonamides is 1. The Morgan fingerprint density at radius 3 is 2.36 bits per heavy atom. The summed E-state index contributed by atoms with van der Waals surface area (Å²) >= 11 is 4.52. The summed E-state index contributed by atoms with van der Waals surface area (Å²) in [6.45, 7) is 0. The van der Waals surface area contributed by atoms with E-state index in [-0.39, 0.29) is 10.6 Å². The van der Waals surface area contributed by atoms with Crippen molar-refractivity contribution >= 4 is 43.4 Å². The van der Waals surface area contributed by atoms with Gasteiger partial charge < -0.3 is 0 Å². The lowest BCUT2D eigenvalue weighted by Gasteiger charge is -2.06. The summed E-state index contributed by atoms with van der Waals surface area (Å²) in [7, 11) is -2.46. The Morgan fingerprint density at radius 1 is 1.18 bits per heavy atom. The molecule has 0 aliphatic heterocycles. The van der Waals surface area contributed by atoms with Crippen LogP contribution in [0.2, 0.25) is 0 Å². The quantitative estimate of drug-likeness (QED) is 0.611. The molecule has 6 nitrogen and oxygen atoms in total. The average Bonchev–Trinajstić information content (AvgIpc) is 2.49. The largest absolute Gasteiger partial charge is 0.284 e. The van der Waals surface area contributed by atoms with E-state index in [0.29, 0.717) is 4.90 Å². The Labute approximate surface area is 140 Å². The smallest absolute Gasteiger partial charge is 0.258 e. The second kappa shape index (κ2) is 6.78. The minimum atomic E-state index is -3.72. The normalized spacial score (nSPS) is 11.4. The standard InChI is InChI=1S/C13H11BrN2O4S2/c1-15-22(19,20)11-6-7-13(12(8-11)16(17)18)21-10-4-2-9(14)3-5-10/h2-8,15H,1H3. The molecule has 0 aliphatic carbocycles. The van der Waals surface area contributed by atoms with E-state index in [1.807, 2.05) is 24.3 Å². The number of hydrogen-bond acceptors (Lipinski definition) is 5. The van der Waals surface area contributed by atoms with Gasteiger partial charge >= 0.3 is 0 Å². The molecular weight excluding hydrogens is 392 g/mol. The molecule has 0 aromatic heterocycles. The summed E-state index contributed by atoms with van der Waals surface area (Å²) in [5.74, 6) is 0. The lowest BCUT2D eigenvalue weighted by molar-refractivity contribution is -0.388. The molecule has 2 rings (SSSR count). The maximum absolute atomic E-state index is 11.7. The molecule has 0 atom stereocenters. The first-order valence-corrected chi connectivity index (χ1v) is 9.08. The molecule has 0 saturated carbocycles. The van der Waals surface area contributed by atoms with Crippen LogP contribution in [0.15, 0.2) is 61.6 Å². The van der Waals surface area contributed by atoms with Crippen LogP contribution >= 0.6 is 27.7 Å². The van der Waals surface area contributed by atoms with Gasteiger partial charge in [-0.15, -0.1) is 0 Å². The number of hydrogen-bond donors (Lipinski definition) is 1. The van der Waals surface area contributed by atoms with E-state index in [9.17, 15) is 18.5 Å². The van der Waals surface area contributed by atoms with Crippen LogP contribution in [0.1, 0.15) is 0 Å². The third-order valence-electron chi connectivity index (χ3n) is 2.75. The number of nitrogens with one attached hydrogen (secondary N) is 1. The molecule has 0 fully saturated rings. The van der Waals surface area contributed by atoms with Crippen molar-refractivity contribution in [3.8, 4) is 0 Å². The highest BCUT2D eigenvalue weighted by Gasteiger charge is 2.20. The van der Waals surface area contributed by atoms with Crippen molar-refractivity contribution in [3.05, 3.63) is 57.1 Å². The predicted octanol–water partition coefficient (Wildman–Crippen LogP) is 3.42. The van der Waals surface area contributed by atoms with Crippen LogP contribution in [0.25, 0.3) is 0 Å². The van der Waals surface area contributed by atoms with Gasteiger partial charge in [0.25, 0.3) is 5.69 Å². The predicted molar refractivity (Wildman–Crippen MR) is 87.6 cm³/mol. The summed E-state index contributed by atoms with van der Waals surface area (Å²) in [5.41, 5.74) is -0.246. The molecule has 116 valence electrons. The number of nitro benzene ring substituents is 1. The summed E-state index contributed by atoms with van der Waals surface area (Å²) in [5, 5.41) is 11.2. The molecule has 9 heteroatoms. The van der Waals surface area contributed by atoms with Crippen molar-refractivity contribution in [2.75, 3.05) is 7.05 Å². The fraction of sp³-hybridized carbons (Fsp3) is 0.0769. The fourth-order valence-electron chi connectivity index (χ4n) is 1.64. The first-order chi connectivity index (χ1) is 10.3. The van der Waals surface area contributed by atoms with Gasteiger partial charge in [0.15, 0.2) is 0 Å². The molecule has 0 aliphatic rings. The molecular formula is C13H11BrN2O4S2. The second-order valence-corrected chi connectivity index (χ2v) is 8.07. The number of nitro groups is 1. The third-order valence-corrected chi connectivity index (χ3v) is 5.76. The van der Waals surface area contributed by atoms with Gasteiger partial charge in [0, 0.05) is 15.4 Å². The number of halogens is 1. The van der Waals surface area contributed by atoms with E-state index >= 15 is 0 Å². The van der Waals surface area contributed by atoms with Crippen LogP contribution in [0.3, 0.4) is 0 Å². The van der Waals surface area contributed by atoms with Crippen molar-refractivity contribution in [2.24, 2.45) is 0 Å². The second-order valence-electron chi connectivity index (χ2n) is 4.15. The highest BCUT2D eigenvalue weighted by molar-refractivity contribution is 9.10. The first-order valence-electron chi connectivity index (χ1n) is 5.99. The fourth-order valence-corrected chi connectivity index (χ4v) is 3.56. The van der Waals surface area contributed by atoms with Gasteiger partial charge in [-0.05, 0) is 43.4 Å². The highest BCUT2D eigenvalue weighted by Crippen LogP contribution is 2.36. The Balaban J connectivity index is 2.44. The van der Waals surface area contributed by atoms with Crippen molar-refractivity contribution in [1.82, 2.24) is 4.72 Å². The van der Waals surface area contributed by atoms with Crippen LogP contribution < -0.4 is 4.72 Å². The van der Waals surface area contributed by atoms with Gasteiger partial charge in [-0.2, -0.15) is 0 Å². The van der Waals surface area contributed by atoms with Crippen LogP contribution in [0.4, 0.5) is 5.69 Å². The van der Waals surface area contributed by atoms with Crippen LogP contribution in [-0.4, -0.2) is 20.4 Å². The maximum atomic E-state index is 11.7. The molecule has 0 bridgehead atoms. The molecule has 22 heavy (non-hydrogen) atoms. The average molecular weight is 403 g/mol. The SMILES string of the molecule is CNS(=O)(=O)c1ccc(Sc2ccc(Br)cc2)c([N+](=O)[O-])c1. The zero-order valence-corrected chi connectivity index (χ0v) is 14.5. The minimum Gasteiger partial charge on any atom is -0.258 e. The van der Waals surface area contributed by atoms with E-state index < -0.39 is 14.9 Å². The van der Waals surface area contributed by atoms with Crippen LogP contribution in [0.5, 0.6) is 0 Å². The molecule has 0 saturated heterocycles. The lowest BCUT2D eigenvalue weighted by atomic mass is 10.3. The van der Waals surface area contributed by atoms with Crippen molar-refractivity contribution < 1.29 is 13.3 Å². The number of nitrogens with zero attached hydrogens (tertiary/aromatic N) is 1. The van der Waals surface area contributed by atoms with Gasteiger partial charge in [0.1, 0.15) is 0 Å².